The van der Waals surface area contributed by atoms with Crippen LogP contribution in [0.15, 0.2) is 0 Å². The van der Waals surface area contributed by atoms with E-state index in [-0.39, 0.29) is 24.3 Å². The van der Waals surface area contributed by atoms with Crippen molar-refractivity contribution >= 4 is 24.0 Å². The van der Waals surface area contributed by atoms with Crippen molar-refractivity contribution in [1.82, 2.24) is 4.90 Å². The summed E-state index contributed by atoms with van der Waals surface area (Å²) in [6, 6.07) is 0. The number of hydrogen-bond donors (Lipinski definition) is 0. The number of methoxy groups -OCH3 is 1. The summed E-state index contributed by atoms with van der Waals surface area (Å²) in [5.74, 6) is -0.759. The van der Waals surface area contributed by atoms with Crippen molar-refractivity contribution in [2.45, 2.75) is 74.3 Å². The first-order valence-corrected chi connectivity index (χ1v) is 9.79. The van der Waals surface area contributed by atoms with Gasteiger partial charge in [0.05, 0.1) is 20.1 Å². The van der Waals surface area contributed by atoms with Crippen LogP contribution < -0.4 is 0 Å². The van der Waals surface area contributed by atoms with Gasteiger partial charge in [-0.3, -0.25) is 19.3 Å². The number of carbonyl (C=O) groups is 4. The van der Waals surface area contributed by atoms with Crippen molar-refractivity contribution < 1.29 is 38.1 Å². The third-order valence-corrected chi connectivity index (χ3v) is 3.24. The highest BCUT2D eigenvalue weighted by Crippen LogP contribution is 2.19. The number of nitrogens with zero attached hydrogens (tertiary/aromatic N) is 1. The first-order chi connectivity index (χ1) is 13.5. The van der Waals surface area contributed by atoms with Crippen LogP contribution in [0.4, 0.5) is 4.79 Å². The third kappa shape index (κ3) is 17.8. The van der Waals surface area contributed by atoms with Gasteiger partial charge in [-0.1, -0.05) is 34.6 Å². The number of ether oxygens (including phenoxy) is 4. The van der Waals surface area contributed by atoms with E-state index < -0.39 is 30.4 Å². The standard InChI is InChI=1S/C15H27NO6.C6H12O2/c1-14(2,3)8-11(17)21-10-22-13(19)16(15(4,5)6)9-12(18)20-7;1-5(2)4-8-6(3)7/h8-10H2,1-7H3;5H,4H2,1-3H3. The predicted molar refractivity (Wildman–Crippen MR) is 111 cm³/mol. The number of amides is 1. The van der Waals surface area contributed by atoms with Crippen LogP contribution in [-0.2, 0) is 33.3 Å². The monoisotopic (exact) mass is 433 g/mol. The number of rotatable bonds is 7. The van der Waals surface area contributed by atoms with Crippen molar-refractivity contribution in [1.29, 1.82) is 0 Å². The summed E-state index contributed by atoms with van der Waals surface area (Å²) in [5.41, 5.74) is -0.843. The minimum Gasteiger partial charge on any atom is -0.468 e. The van der Waals surface area contributed by atoms with E-state index in [9.17, 15) is 19.2 Å². The van der Waals surface area contributed by atoms with Gasteiger partial charge in [-0.2, -0.15) is 0 Å². The number of esters is 3. The maximum atomic E-state index is 12.0. The van der Waals surface area contributed by atoms with E-state index >= 15 is 0 Å². The second kappa shape index (κ2) is 13.8. The smallest absolute Gasteiger partial charge is 0.413 e. The van der Waals surface area contributed by atoms with Gasteiger partial charge < -0.3 is 18.9 Å². The maximum absolute atomic E-state index is 12.0. The van der Waals surface area contributed by atoms with Crippen LogP contribution in [0.1, 0.15) is 68.7 Å². The topological polar surface area (TPSA) is 108 Å². The highest BCUT2D eigenvalue weighted by molar-refractivity contribution is 5.78. The van der Waals surface area contributed by atoms with Crippen LogP contribution in [0.3, 0.4) is 0 Å². The zero-order valence-electron chi connectivity index (χ0n) is 20.1. The van der Waals surface area contributed by atoms with Crippen LogP contribution in [0.5, 0.6) is 0 Å². The molecule has 0 atom stereocenters. The van der Waals surface area contributed by atoms with Gasteiger partial charge in [-0.15, -0.1) is 0 Å². The second-order valence-electron chi connectivity index (χ2n) is 9.31. The molecule has 9 nitrogen and oxygen atoms in total. The van der Waals surface area contributed by atoms with Crippen molar-refractivity contribution in [3.8, 4) is 0 Å². The molecule has 0 aromatic rings. The summed E-state index contributed by atoms with van der Waals surface area (Å²) in [4.78, 5) is 46.2. The molecule has 30 heavy (non-hydrogen) atoms. The summed E-state index contributed by atoms with van der Waals surface area (Å²) in [7, 11) is 1.24. The van der Waals surface area contributed by atoms with Gasteiger partial charge in [0.25, 0.3) is 0 Å². The predicted octanol–water partition coefficient (Wildman–Crippen LogP) is 3.54. The van der Waals surface area contributed by atoms with Gasteiger partial charge in [0, 0.05) is 12.5 Å². The Labute approximate surface area is 180 Å². The maximum Gasteiger partial charge on any atom is 0.413 e. The van der Waals surface area contributed by atoms with Crippen molar-refractivity contribution in [2.75, 3.05) is 27.1 Å². The molecule has 0 saturated carbocycles. The van der Waals surface area contributed by atoms with Gasteiger partial charge >= 0.3 is 24.0 Å². The van der Waals surface area contributed by atoms with E-state index in [1.807, 2.05) is 34.6 Å². The molecule has 0 aromatic carbocycles. The van der Waals surface area contributed by atoms with Crippen molar-refractivity contribution in [3.63, 3.8) is 0 Å². The van der Waals surface area contributed by atoms with E-state index in [1.54, 1.807) is 20.8 Å². The summed E-state index contributed by atoms with van der Waals surface area (Å²) in [6.07, 6.45) is -0.531. The molecule has 0 heterocycles. The first-order valence-electron chi connectivity index (χ1n) is 9.79. The summed E-state index contributed by atoms with van der Waals surface area (Å²) in [5, 5.41) is 0. The Bertz CT molecular complexity index is 558. The highest BCUT2D eigenvalue weighted by atomic mass is 16.7. The van der Waals surface area contributed by atoms with E-state index in [0.29, 0.717) is 12.5 Å². The van der Waals surface area contributed by atoms with E-state index in [2.05, 4.69) is 9.47 Å². The largest absolute Gasteiger partial charge is 0.468 e. The molecule has 0 aliphatic carbocycles. The fourth-order valence-corrected chi connectivity index (χ4v) is 1.76. The molecule has 0 bridgehead atoms. The lowest BCUT2D eigenvalue weighted by molar-refractivity contribution is -0.155. The van der Waals surface area contributed by atoms with Gasteiger partial charge in [0.15, 0.2) is 0 Å². The minimum atomic E-state index is -0.749. The SMILES string of the molecule is CC(=O)OCC(C)C.COC(=O)CN(C(=O)OCOC(=O)CC(C)(C)C)C(C)(C)C. The van der Waals surface area contributed by atoms with E-state index in [0.717, 1.165) is 0 Å². The lowest BCUT2D eigenvalue weighted by Gasteiger charge is -2.33. The normalized spacial score (nSPS) is 11.0. The van der Waals surface area contributed by atoms with Gasteiger partial charge in [0.1, 0.15) is 6.54 Å². The van der Waals surface area contributed by atoms with Crippen molar-refractivity contribution in [2.24, 2.45) is 11.3 Å². The Morgan fingerprint density at radius 3 is 1.73 bits per heavy atom. The fraction of sp³-hybridized carbons (Fsp3) is 0.810. The summed E-state index contributed by atoms with van der Waals surface area (Å²) < 4.78 is 19.0. The average molecular weight is 434 g/mol. The molecule has 176 valence electrons. The molecule has 0 spiro atoms. The van der Waals surface area contributed by atoms with Crippen molar-refractivity contribution in [3.05, 3.63) is 0 Å². The lowest BCUT2D eigenvalue weighted by Crippen LogP contribution is -2.48. The Morgan fingerprint density at radius 2 is 1.40 bits per heavy atom. The molecule has 0 rings (SSSR count). The van der Waals surface area contributed by atoms with Crippen LogP contribution in [-0.4, -0.2) is 61.5 Å². The molecule has 0 aromatic heterocycles. The van der Waals surface area contributed by atoms with Crippen LogP contribution in [0.2, 0.25) is 0 Å². The second-order valence-corrected chi connectivity index (χ2v) is 9.31. The van der Waals surface area contributed by atoms with Crippen LogP contribution in [0.25, 0.3) is 0 Å². The first kappa shape index (κ1) is 29.9. The Kier molecular flexibility index (Phi) is 13.8. The molecule has 1 amide bonds. The molecular formula is C21H39NO8. The van der Waals surface area contributed by atoms with Crippen LogP contribution >= 0.6 is 0 Å². The zero-order valence-corrected chi connectivity index (χ0v) is 20.1. The molecule has 9 heteroatoms. The summed E-state index contributed by atoms with van der Waals surface area (Å²) in [6.45, 7) is 16.2. The van der Waals surface area contributed by atoms with Gasteiger partial charge in [-0.05, 0) is 32.1 Å². The molecule has 0 aliphatic heterocycles. The molecule has 0 N–H and O–H groups in total. The molecule has 0 unspecified atom stereocenters. The third-order valence-electron chi connectivity index (χ3n) is 3.24. The van der Waals surface area contributed by atoms with Crippen LogP contribution in [0, 0.1) is 11.3 Å². The number of hydrogen-bond acceptors (Lipinski definition) is 8. The van der Waals surface area contributed by atoms with Gasteiger partial charge in [-0.25, -0.2) is 4.79 Å². The Hall–Kier alpha value is -2.32. The molecule has 0 saturated heterocycles. The summed E-state index contributed by atoms with van der Waals surface area (Å²) >= 11 is 0. The molecule has 0 radical (unpaired) electrons. The Morgan fingerprint density at radius 1 is 0.867 bits per heavy atom. The quantitative estimate of drug-likeness (QED) is 0.341. The average Bonchev–Trinajstić information content (AvgIpc) is 2.55. The lowest BCUT2D eigenvalue weighted by atomic mass is 9.93. The molecule has 0 fully saturated rings. The number of carbonyl (C=O) groups excluding carboxylic acids is 4. The van der Waals surface area contributed by atoms with Gasteiger partial charge in [0.2, 0.25) is 6.79 Å². The van der Waals surface area contributed by atoms with E-state index in [1.165, 1.54) is 18.9 Å². The fourth-order valence-electron chi connectivity index (χ4n) is 1.76. The minimum absolute atomic E-state index is 0.196. The molecular weight excluding hydrogens is 394 g/mol. The highest BCUT2D eigenvalue weighted by Gasteiger charge is 2.30. The van der Waals surface area contributed by atoms with E-state index in [4.69, 9.17) is 9.47 Å². The Balaban J connectivity index is 0. The zero-order chi connectivity index (χ0) is 24.1. The molecule has 0 aliphatic rings.